The van der Waals surface area contributed by atoms with E-state index in [4.69, 9.17) is 0 Å². The summed E-state index contributed by atoms with van der Waals surface area (Å²) in [6, 6.07) is 9.98. The standard InChI is InChI=1S/C17H15BrN6/c1-10-6-13(10)15-9-24-17(19-15)5-3-12(21-24)8-23-16-7-11(18)2-4-14(16)20-22-23/h2-5,7,9-10,13H,6,8H2,1H3. The first-order valence-electron chi connectivity index (χ1n) is 8.01. The van der Waals surface area contributed by atoms with Gasteiger partial charge in [0.2, 0.25) is 0 Å². The average Bonchev–Trinajstić information content (AvgIpc) is 2.99. The highest BCUT2D eigenvalue weighted by atomic mass is 79.9. The van der Waals surface area contributed by atoms with Crippen molar-refractivity contribution in [3.05, 3.63) is 52.4 Å². The SMILES string of the molecule is CC1CC1c1cn2nc(Cn3nnc4ccc(Br)cc43)ccc2n1. The molecule has 5 rings (SSSR count). The zero-order chi connectivity index (χ0) is 16.3. The molecule has 1 aromatic carbocycles. The highest BCUT2D eigenvalue weighted by Gasteiger charge is 2.36. The van der Waals surface area contributed by atoms with E-state index in [1.807, 2.05) is 39.5 Å². The van der Waals surface area contributed by atoms with Gasteiger partial charge in [-0.15, -0.1) is 5.10 Å². The smallest absolute Gasteiger partial charge is 0.153 e. The molecule has 1 saturated carbocycles. The van der Waals surface area contributed by atoms with Crippen LogP contribution in [0.1, 0.15) is 30.7 Å². The molecule has 3 aromatic heterocycles. The Labute approximate surface area is 146 Å². The van der Waals surface area contributed by atoms with Crippen LogP contribution in [0.2, 0.25) is 0 Å². The molecule has 7 heteroatoms. The zero-order valence-corrected chi connectivity index (χ0v) is 14.7. The zero-order valence-electron chi connectivity index (χ0n) is 13.1. The van der Waals surface area contributed by atoms with E-state index >= 15 is 0 Å². The number of aromatic nitrogens is 6. The van der Waals surface area contributed by atoms with Crippen LogP contribution < -0.4 is 0 Å². The first-order valence-corrected chi connectivity index (χ1v) is 8.80. The van der Waals surface area contributed by atoms with Crippen LogP contribution in [0.25, 0.3) is 16.7 Å². The number of nitrogens with zero attached hydrogens (tertiary/aromatic N) is 6. The van der Waals surface area contributed by atoms with Crippen molar-refractivity contribution in [2.24, 2.45) is 5.92 Å². The molecule has 120 valence electrons. The Hall–Kier alpha value is -2.28. The third kappa shape index (κ3) is 2.31. The largest absolute Gasteiger partial charge is 0.239 e. The van der Waals surface area contributed by atoms with Gasteiger partial charge in [0.05, 0.1) is 29.6 Å². The summed E-state index contributed by atoms with van der Waals surface area (Å²) in [4.78, 5) is 4.68. The molecule has 0 spiro atoms. The molecule has 0 bridgehead atoms. The Kier molecular flexibility index (Phi) is 3.00. The Balaban J connectivity index is 1.50. The molecule has 2 atom stereocenters. The van der Waals surface area contributed by atoms with E-state index in [9.17, 15) is 0 Å². The molecule has 1 aliphatic rings. The first kappa shape index (κ1) is 14.1. The number of fused-ring (bicyclic) bond motifs is 2. The van der Waals surface area contributed by atoms with E-state index in [1.165, 1.54) is 6.42 Å². The minimum atomic E-state index is 0.580. The lowest BCUT2D eigenvalue weighted by Gasteiger charge is -2.03. The van der Waals surface area contributed by atoms with Gasteiger partial charge in [-0.1, -0.05) is 28.1 Å². The summed E-state index contributed by atoms with van der Waals surface area (Å²) < 4.78 is 4.76. The maximum atomic E-state index is 4.69. The third-order valence-corrected chi connectivity index (χ3v) is 5.16. The summed E-state index contributed by atoms with van der Waals surface area (Å²) in [5, 5.41) is 13.1. The van der Waals surface area contributed by atoms with Gasteiger partial charge in [-0.2, -0.15) is 5.10 Å². The van der Waals surface area contributed by atoms with E-state index in [-0.39, 0.29) is 0 Å². The molecule has 6 nitrogen and oxygen atoms in total. The first-order chi connectivity index (χ1) is 11.7. The monoisotopic (exact) mass is 382 g/mol. The van der Waals surface area contributed by atoms with Crippen molar-refractivity contribution in [1.82, 2.24) is 29.6 Å². The predicted molar refractivity (Wildman–Crippen MR) is 93.8 cm³/mol. The molecule has 24 heavy (non-hydrogen) atoms. The second-order valence-electron chi connectivity index (χ2n) is 6.49. The van der Waals surface area contributed by atoms with Crippen LogP contribution >= 0.6 is 15.9 Å². The van der Waals surface area contributed by atoms with Crippen LogP contribution in [-0.2, 0) is 6.54 Å². The summed E-state index contributed by atoms with van der Waals surface area (Å²) >= 11 is 3.50. The van der Waals surface area contributed by atoms with Crippen molar-refractivity contribution in [2.45, 2.75) is 25.8 Å². The molecule has 0 amide bonds. The van der Waals surface area contributed by atoms with Crippen molar-refractivity contribution >= 4 is 32.6 Å². The lowest BCUT2D eigenvalue weighted by atomic mass is 10.3. The van der Waals surface area contributed by atoms with E-state index in [0.29, 0.717) is 12.5 Å². The summed E-state index contributed by atoms with van der Waals surface area (Å²) in [6.45, 7) is 2.84. The number of hydrogen-bond donors (Lipinski definition) is 0. The van der Waals surface area contributed by atoms with Gasteiger partial charge in [-0.25, -0.2) is 14.2 Å². The van der Waals surface area contributed by atoms with Crippen LogP contribution in [0.5, 0.6) is 0 Å². The second kappa shape index (κ2) is 5.11. The fourth-order valence-corrected chi connectivity index (χ4v) is 3.49. The Morgan fingerprint density at radius 3 is 2.96 bits per heavy atom. The second-order valence-corrected chi connectivity index (χ2v) is 7.41. The van der Waals surface area contributed by atoms with Crippen LogP contribution in [0.15, 0.2) is 41.0 Å². The van der Waals surface area contributed by atoms with Crippen LogP contribution in [0.4, 0.5) is 0 Å². The van der Waals surface area contributed by atoms with Crippen LogP contribution in [0, 0.1) is 5.92 Å². The number of imidazole rings is 1. The van der Waals surface area contributed by atoms with Gasteiger partial charge in [0, 0.05) is 10.4 Å². The Morgan fingerprint density at radius 1 is 1.25 bits per heavy atom. The molecule has 2 unspecified atom stereocenters. The van der Waals surface area contributed by atoms with Gasteiger partial charge in [0.15, 0.2) is 5.65 Å². The van der Waals surface area contributed by atoms with E-state index in [0.717, 1.165) is 38.5 Å². The van der Waals surface area contributed by atoms with Crippen molar-refractivity contribution in [3.63, 3.8) is 0 Å². The fraction of sp³-hybridized carbons (Fsp3) is 0.294. The van der Waals surface area contributed by atoms with Crippen molar-refractivity contribution in [1.29, 1.82) is 0 Å². The van der Waals surface area contributed by atoms with Gasteiger partial charge >= 0.3 is 0 Å². The average molecular weight is 383 g/mol. The molecule has 0 N–H and O–H groups in total. The minimum Gasteiger partial charge on any atom is -0.239 e. The van der Waals surface area contributed by atoms with Crippen LogP contribution in [0.3, 0.4) is 0 Å². The van der Waals surface area contributed by atoms with Gasteiger partial charge in [0.25, 0.3) is 0 Å². The molecular weight excluding hydrogens is 368 g/mol. The van der Waals surface area contributed by atoms with Gasteiger partial charge in [-0.05, 0) is 42.7 Å². The molecule has 4 aromatic rings. The molecule has 0 aliphatic heterocycles. The van der Waals surface area contributed by atoms with Crippen molar-refractivity contribution < 1.29 is 0 Å². The molecule has 0 radical (unpaired) electrons. The van der Waals surface area contributed by atoms with Crippen molar-refractivity contribution in [2.75, 3.05) is 0 Å². The van der Waals surface area contributed by atoms with Gasteiger partial charge in [-0.3, -0.25) is 0 Å². The van der Waals surface area contributed by atoms with Crippen molar-refractivity contribution in [3.8, 4) is 0 Å². The Morgan fingerprint density at radius 2 is 2.12 bits per heavy atom. The topological polar surface area (TPSA) is 60.9 Å². The lowest BCUT2D eigenvalue weighted by Crippen LogP contribution is -2.06. The quantitative estimate of drug-likeness (QED) is 0.544. The highest BCUT2D eigenvalue weighted by Crippen LogP contribution is 2.46. The normalized spacial score (nSPS) is 20.1. The number of benzene rings is 1. The van der Waals surface area contributed by atoms with E-state index < -0.39 is 0 Å². The molecular formula is C17H15BrN6. The number of halogens is 1. The minimum absolute atomic E-state index is 0.580. The summed E-state index contributed by atoms with van der Waals surface area (Å²) in [5.41, 5.74) is 4.86. The number of rotatable bonds is 3. The van der Waals surface area contributed by atoms with Crippen LogP contribution in [-0.4, -0.2) is 29.6 Å². The predicted octanol–water partition coefficient (Wildman–Crippen LogP) is 3.41. The molecule has 3 heterocycles. The summed E-state index contributed by atoms with van der Waals surface area (Å²) in [7, 11) is 0. The fourth-order valence-electron chi connectivity index (χ4n) is 3.15. The third-order valence-electron chi connectivity index (χ3n) is 4.67. The van der Waals surface area contributed by atoms with E-state index in [2.05, 4.69) is 49.4 Å². The summed E-state index contributed by atoms with van der Waals surface area (Å²) in [5.74, 6) is 1.35. The number of hydrogen-bond acceptors (Lipinski definition) is 4. The van der Waals surface area contributed by atoms with E-state index in [1.54, 1.807) is 0 Å². The maximum Gasteiger partial charge on any atom is 0.153 e. The van der Waals surface area contributed by atoms with Gasteiger partial charge in [0.1, 0.15) is 5.52 Å². The van der Waals surface area contributed by atoms with Gasteiger partial charge < -0.3 is 0 Å². The lowest BCUT2D eigenvalue weighted by molar-refractivity contribution is 0.646. The highest BCUT2D eigenvalue weighted by molar-refractivity contribution is 9.10. The summed E-state index contributed by atoms with van der Waals surface area (Å²) in [6.07, 6.45) is 3.29. The maximum absolute atomic E-state index is 4.69. The molecule has 1 fully saturated rings. The molecule has 1 aliphatic carbocycles. The Bertz CT molecular complexity index is 1070. The molecule has 0 saturated heterocycles.